The molecule has 0 fully saturated rings. The first-order chi connectivity index (χ1) is 15.8. The molecule has 2 atom stereocenters. The zero-order valence-corrected chi connectivity index (χ0v) is 22.0. The van der Waals surface area contributed by atoms with Crippen molar-refractivity contribution in [3.63, 3.8) is 0 Å². The van der Waals surface area contributed by atoms with Crippen LogP contribution in [0.3, 0.4) is 0 Å². The van der Waals surface area contributed by atoms with E-state index >= 15 is 0 Å². The fraction of sp³-hybridized carbons (Fsp3) is 0.345. The maximum Gasteiger partial charge on any atom is 0.188 e. The second-order valence-electron chi connectivity index (χ2n) is 8.85. The molecule has 174 valence electrons. The number of methoxy groups -OCH3 is 1. The Balaban J connectivity index is 2.10. The van der Waals surface area contributed by atoms with E-state index in [9.17, 15) is 0 Å². The van der Waals surface area contributed by atoms with Crippen molar-refractivity contribution in [2.45, 2.75) is 53.1 Å². The number of rotatable bonds is 9. The molecule has 2 unspecified atom stereocenters. The Morgan fingerprint density at radius 3 is 2.36 bits per heavy atom. The third-order valence-corrected chi connectivity index (χ3v) is 8.25. The lowest BCUT2D eigenvalue weighted by molar-refractivity contribution is 0.0495. The van der Waals surface area contributed by atoms with E-state index in [1.54, 1.807) is 7.11 Å². The van der Waals surface area contributed by atoms with Gasteiger partial charge in [0.2, 0.25) is 0 Å². The summed E-state index contributed by atoms with van der Waals surface area (Å²) in [6, 6.07) is 21.2. The molecule has 0 aromatic heterocycles. The Morgan fingerprint density at radius 1 is 0.970 bits per heavy atom. The maximum absolute atomic E-state index is 6.10. The van der Waals surface area contributed by atoms with Gasteiger partial charge in [0.25, 0.3) is 0 Å². The fourth-order valence-corrected chi connectivity index (χ4v) is 5.92. The lowest BCUT2D eigenvalue weighted by Gasteiger charge is -2.33. The van der Waals surface area contributed by atoms with Crippen molar-refractivity contribution in [3.05, 3.63) is 88.5 Å². The van der Waals surface area contributed by atoms with Crippen molar-refractivity contribution in [1.29, 1.82) is 0 Å². The molecular formula is C29H36NO2P. The quantitative estimate of drug-likeness (QED) is 0.189. The molecule has 3 rings (SSSR count). The average Bonchev–Trinajstić information content (AvgIpc) is 2.80. The van der Waals surface area contributed by atoms with Crippen LogP contribution in [0.15, 0.2) is 65.7 Å². The van der Waals surface area contributed by atoms with Gasteiger partial charge in [0.05, 0.1) is 5.69 Å². The Labute approximate surface area is 201 Å². The van der Waals surface area contributed by atoms with E-state index in [-0.39, 0.29) is 11.9 Å². The zero-order chi connectivity index (χ0) is 24.0. The van der Waals surface area contributed by atoms with Gasteiger partial charge in [0.15, 0.2) is 6.79 Å². The molecule has 0 spiro atoms. The molecule has 0 saturated heterocycles. The normalized spacial score (nSPS) is 14.0. The van der Waals surface area contributed by atoms with E-state index in [0.29, 0.717) is 8.58 Å². The standard InChI is InChI=1S/C29H36NO2P/c1-8-29(6,26-18-20(2)17-22(4)27(26)32-19-31-7)33-28-21(3)13-12-16-25(28)23(5)30-24-14-10-9-11-15-24/h9-18,33H,8,19H2,1-7H3/b30-23+. The smallest absolute Gasteiger partial charge is 0.188 e. The number of hydrogen-bond acceptors (Lipinski definition) is 3. The fourth-order valence-electron chi connectivity index (χ4n) is 4.19. The van der Waals surface area contributed by atoms with Crippen molar-refractivity contribution in [1.82, 2.24) is 0 Å². The lowest BCUT2D eigenvalue weighted by atomic mass is 9.92. The van der Waals surface area contributed by atoms with Crippen LogP contribution in [0, 0.1) is 20.8 Å². The summed E-state index contributed by atoms with van der Waals surface area (Å²) in [4.78, 5) is 4.93. The van der Waals surface area contributed by atoms with Gasteiger partial charge in [-0.05, 0) is 62.7 Å². The molecule has 3 aromatic carbocycles. The molecule has 0 radical (unpaired) electrons. The molecule has 0 aliphatic rings. The SMILES string of the molecule is CCC(C)(Pc1c(C)cccc1/C(C)=N/c1ccccc1)c1cc(C)cc(C)c1OCOC. The second-order valence-corrected chi connectivity index (χ2v) is 10.7. The highest BCUT2D eigenvalue weighted by Gasteiger charge is 2.31. The Bertz CT molecular complexity index is 1120. The van der Waals surface area contributed by atoms with Crippen molar-refractivity contribution in [2.24, 2.45) is 4.99 Å². The summed E-state index contributed by atoms with van der Waals surface area (Å²) in [6.07, 6.45) is 1.00. The summed E-state index contributed by atoms with van der Waals surface area (Å²) in [5.41, 5.74) is 8.21. The van der Waals surface area contributed by atoms with Crippen LogP contribution in [0.25, 0.3) is 0 Å². The van der Waals surface area contributed by atoms with Crippen molar-refractivity contribution >= 4 is 25.3 Å². The molecule has 3 aromatic rings. The van der Waals surface area contributed by atoms with Gasteiger partial charge in [-0.25, -0.2) is 0 Å². The van der Waals surface area contributed by atoms with E-state index in [0.717, 1.165) is 29.1 Å². The Kier molecular flexibility index (Phi) is 8.46. The van der Waals surface area contributed by atoms with Gasteiger partial charge in [-0.3, -0.25) is 4.99 Å². The number of benzene rings is 3. The molecule has 0 N–H and O–H groups in total. The summed E-state index contributed by atoms with van der Waals surface area (Å²) in [6.45, 7) is 13.5. The van der Waals surface area contributed by atoms with Crippen LogP contribution in [0.2, 0.25) is 0 Å². The number of hydrogen-bond donors (Lipinski definition) is 0. The van der Waals surface area contributed by atoms with Gasteiger partial charge in [-0.2, -0.15) is 0 Å². The monoisotopic (exact) mass is 461 g/mol. The third-order valence-electron chi connectivity index (χ3n) is 6.16. The Hall–Kier alpha value is -2.48. The minimum atomic E-state index is -0.0756. The van der Waals surface area contributed by atoms with E-state index in [2.05, 4.69) is 71.9 Å². The van der Waals surface area contributed by atoms with Gasteiger partial charge in [0, 0.05) is 29.1 Å². The van der Waals surface area contributed by atoms with Crippen molar-refractivity contribution in [2.75, 3.05) is 13.9 Å². The van der Waals surface area contributed by atoms with E-state index in [4.69, 9.17) is 14.5 Å². The molecule has 0 amide bonds. The molecule has 0 heterocycles. The van der Waals surface area contributed by atoms with Gasteiger partial charge in [0.1, 0.15) is 5.75 Å². The first kappa shape index (κ1) is 25.1. The molecular weight excluding hydrogens is 425 g/mol. The van der Waals surface area contributed by atoms with Gasteiger partial charge in [-0.1, -0.05) is 76.5 Å². The van der Waals surface area contributed by atoms with Crippen LogP contribution in [0.5, 0.6) is 5.75 Å². The molecule has 0 aliphatic heterocycles. The minimum absolute atomic E-state index is 0.0756. The highest BCUT2D eigenvalue weighted by Crippen LogP contribution is 2.49. The number of aliphatic imine (C=N–C) groups is 1. The highest BCUT2D eigenvalue weighted by molar-refractivity contribution is 7.49. The van der Waals surface area contributed by atoms with Gasteiger partial charge < -0.3 is 9.47 Å². The Morgan fingerprint density at radius 2 is 1.70 bits per heavy atom. The predicted molar refractivity (Wildman–Crippen MR) is 144 cm³/mol. The largest absolute Gasteiger partial charge is 0.467 e. The minimum Gasteiger partial charge on any atom is -0.467 e. The van der Waals surface area contributed by atoms with Crippen LogP contribution >= 0.6 is 8.58 Å². The first-order valence-corrected chi connectivity index (χ1v) is 12.5. The van der Waals surface area contributed by atoms with Gasteiger partial charge >= 0.3 is 0 Å². The van der Waals surface area contributed by atoms with Crippen LogP contribution in [0.4, 0.5) is 5.69 Å². The molecule has 0 saturated carbocycles. The second kappa shape index (κ2) is 11.1. The van der Waals surface area contributed by atoms with Crippen molar-refractivity contribution in [3.8, 4) is 5.75 Å². The van der Waals surface area contributed by atoms with E-state index in [1.807, 2.05) is 30.3 Å². The summed E-state index contributed by atoms with van der Waals surface area (Å²) in [5.74, 6) is 0.948. The maximum atomic E-state index is 6.10. The number of aryl methyl sites for hydroxylation is 3. The summed E-state index contributed by atoms with van der Waals surface area (Å²) in [5, 5.41) is 1.30. The lowest BCUT2D eigenvalue weighted by Crippen LogP contribution is -2.24. The topological polar surface area (TPSA) is 30.8 Å². The molecule has 4 heteroatoms. The number of para-hydroxylation sites is 1. The third kappa shape index (κ3) is 5.91. The molecule has 0 bridgehead atoms. The average molecular weight is 462 g/mol. The summed E-state index contributed by atoms with van der Waals surface area (Å²) >= 11 is 0. The van der Waals surface area contributed by atoms with Crippen LogP contribution in [0.1, 0.15) is 55.0 Å². The first-order valence-electron chi connectivity index (χ1n) is 11.5. The summed E-state index contributed by atoms with van der Waals surface area (Å²) in [7, 11) is 2.23. The van der Waals surface area contributed by atoms with Gasteiger partial charge in [-0.15, -0.1) is 0 Å². The van der Waals surface area contributed by atoms with E-state index in [1.165, 1.54) is 27.6 Å². The molecule has 33 heavy (non-hydrogen) atoms. The van der Waals surface area contributed by atoms with Crippen LogP contribution < -0.4 is 10.0 Å². The number of ether oxygens (including phenoxy) is 2. The molecule has 3 nitrogen and oxygen atoms in total. The summed E-state index contributed by atoms with van der Waals surface area (Å²) < 4.78 is 11.3. The van der Waals surface area contributed by atoms with E-state index < -0.39 is 0 Å². The van der Waals surface area contributed by atoms with Crippen molar-refractivity contribution < 1.29 is 9.47 Å². The molecule has 0 aliphatic carbocycles. The number of nitrogens with zero attached hydrogens (tertiary/aromatic N) is 1. The van der Waals surface area contributed by atoms with Crippen LogP contribution in [-0.2, 0) is 9.89 Å². The predicted octanol–water partition coefficient (Wildman–Crippen LogP) is 7.36. The highest BCUT2D eigenvalue weighted by atomic mass is 31.1. The zero-order valence-electron chi connectivity index (χ0n) is 21.0. The van der Waals surface area contributed by atoms with Crippen LogP contribution in [-0.4, -0.2) is 19.6 Å².